The molecule has 34 heavy (non-hydrogen) atoms. The fraction of sp³-hybridized carbons (Fsp3) is 0.500. The number of rotatable bonds is 6. The average molecular weight is 467 g/mol. The van der Waals surface area contributed by atoms with Crippen LogP contribution in [0, 0.1) is 0 Å². The van der Waals surface area contributed by atoms with E-state index in [1.165, 1.54) is 47.1 Å². The lowest BCUT2D eigenvalue weighted by molar-refractivity contribution is 0.0768. The van der Waals surface area contributed by atoms with Crippen LogP contribution in [0.3, 0.4) is 0 Å². The van der Waals surface area contributed by atoms with Crippen LogP contribution in [0.25, 0.3) is 22.3 Å². The minimum absolute atomic E-state index is 0.0587. The maximum atomic E-state index is 12.9. The molecule has 5 rings (SSSR count). The van der Waals surface area contributed by atoms with Crippen molar-refractivity contribution in [3.05, 3.63) is 57.2 Å². The second kappa shape index (κ2) is 9.70. The number of aryl methyl sites for hydroxylation is 1. The number of benzene rings is 1. The van der Waals surface area contributed by atoms with Crippen molar-refractivity contribution in [2.75, 3.05) is 19.8 Å². The number of aromatic nitrogens is 3. The third-order valence-electron chi connectivity index (χ3n) is 7.27. The highest BCUT2D eigenvalue weighted by molar-refractivity contribution is 5.78. The van der Waals surface area contributed by atoms with Gasteiger partial charge in [0.15, 0.2) is 0 Å². The molecule has 0 radical (unpaired) electrons. The Morgan fingerprint density at radius 2 is 1.71 bits per heavy atom. The summed E-state index contributed by atoms with van der Waals surface area (Å²) in [5.41, 5.74) is 0.00504. The molecule has 180 valence electrons. The minimum atomic E-state index is -0.663. The largest absolute Gasteiger partial charge is 0.490 e. The van der Waals surface area contributed by atoms with E-state index < -0.39 is 12.2 Å². The van der Waals surface area contributed by atoms with E-state index in [4.69, 9.17) is 4.74 Å². The Bertz CT molecular complexity index is 1270. The molecule has 2 aromatic heterocycles. The number of piperidine rings is 1. The molecule has 1 aliphatic carbocycles. The zero-order valence-electron chi connectivity index (χ0n) is 19.6. The molecule has 8 heteroatoms. The molecule has 1 aliphatic heterocycles. The van der Waals surface area contributed by atoms with Crippen molar-refractivity contribution in [1.29, 1.82) is 0 Å². The summed E-state index contributed by atoms with van der Waals surface area (Å²) in [6, 6.07) is 9.80. The molecule has 2 aliphatic rings. The average Bonchev–Trinajstić information content (AvgIpc) is 3.39. The molecular weight excluding hydrogens is 435 g/mol. The van der Waals surface area contributed by atoms with Gasteiger partial charge >= 0.3 is 0 Å². The zero-order valence-corrected chi connectivity index (χ0v) is 19.6. The fourth-order valence-electron chi connectivity index (χ4n) is 5.33. The van der Waals surface area contributed by atoms with Crippen molar-refractivity contribution in [2.24, 2.45) is 7.05 Å². The SMILES string of the molecule is Cn1c(-c2ccc(OC3CCN(C4CCCC4)CC3)cc2)nc2c(=O)n(CCF)ccc2c1=O. The zero-order chi connectivity index (χ0) is 23.7. The van der Waals surface area contributed by atoms with Gasteiger partial charge in [0, 0.05) is 37.9 Å². The Kier molecular flexibility index (Phi) is 6.50. The smallest absolute Gasteiger partial charge is 0.277 e. The van der Waals surface area contributed by atoms with Crippen LogP contribution < -0.4 is 15.9 Å². The van der Waals surface area contributed by atoms with E-state index in [0.29, 0.717) is 11.4 Å². The Balaban J connectivity index is 1.33. The highest BCUT2D eigenvalue weighted by atomic mass is 19.1. The standard InChI is InChI=1S/C26H31FN4O3/c1-29-24(28-23-22(25(29)32)12-16-31(17-13-27)26(23)33)18-6-8-20(9-7-18)34-21-10-14-30(15-11-21)19-4-2-3-5-19/h6-9,12,16,19,21H,2-5,10-11,13-15,17H2,1H3. The van der Waals surface area contributed by atoms with Gasteiger partial charge in [-0.3, -0.25) is 14.2 Å². The van der Waals surface area contributed by atoms with Crippen molar-refractivity contribution in [2.45, 2.75) is 57.2 Å². The predicted octanol–water partition coefficient (Wildman–Crippen LogP) is 3.52. The lowest BCUT2D eigenvalue weighted by Crippen LogP contribution is -2.43. The molecule has 7 nitrogen and oxygen atoms in total. The second-order valence-corrected chi connectivity index (χ2v) is 9.38. The number of alkyl halides is 1. The molecule has 0 unspecified atom stereocenters. The highest BCUT2D eigenvalue weighted by Gasteiger charge is 2.27. The van der Waals surface area contributed by atoms with E-state index in [9.17, 15) is 14.0 Å². The maximum Gasteiger partial charge on any atom is 0.277 e. The van der Waals surface area contributed by atoms with Gasteiger partial charge < -0.3 is 14.2 Å². The molecule has 2 fully saturated rings. The van der Waals surface area contributed by atoms with Gasteiger partial charge in [0.05, 0.1) is 11.9 Å². The molecule has 3 aromatic rings. The molecule has 0 N–H and O–H groups in total. The Morgan fingerprint density at radius 3 is 2.38 bits per heavy atom. The Hall–Kier alpha value is -3.00. The first-order valence-corrected chi connectivity index (χ1v) is 12.2. The number of pyridine rings is 1. The highest BCUT2D eigenvalue weighted by Crippen LogP contribution is 2.28. The quantitative estimate of drug-likeness (QED) is 0.556. The molecule has 0 spiro atoms. The first kappa shape index (κ1) is 22.8. The van der Waals surface area contributed by atoms with E-state index in [1.54, 1.807) is 7.05 Å². The van der Waals surface area contributed by atoms with Crippen LogP contribution in [0.4, 0.5) is 4.39 Å². The van der Waals surface area contributed by atoms with Crippen molar-refractivity contribution >= 4 is 10.9 Å². The van der Waals surface area contributed by atoms with Crippen LogP contribution in [-0.2, 0) is 13.6 Å². The summed E-state index contributed by atoms with van der Waals surface area (Å²) in [4.78, 5) is 32.7. The summed E-state index contributed by atoms with van der Waals surface area (Å²) in [5, 5.41) is 0.232. The van der Waals surface area contributed by atoms with Crippen molar-refractivity contribution in [1.82, 2.24) is 19.0 Å². The molecule has 1 saturated heterocycles. The number of hydrogen-bond acceptors (Lipinski definition) is 5. The van der Waals surface area contributed by atoms with Crippen LogP contribution in [0.5, 0.6) is 5.75 Å². The van der Waals surface area contributed by atoms with Crippen molar-refractivity contribution < 1.29 is 9.13 Å². The van der Waals surface area contributed by atoms with Gasteiger partial charge in [-0.05, 0) is 56.0 Å². The molecule has 1 saturated carbocycles. The van der Waals surface area contributed by atoms with Gasteiger partial charge in [0.25, 0.3) is 11.1 Å². The van der Waals surface area contributed by atoms with Gasteiger partial charge in [0.1, 0.15) is 29.9 Å². The Labute approximate surface area is 197 Å². The number of ether oxygens (including phenoxy) is 1. The topological polar surface area (TPSA) is 69.4 Å². The number of likely N-dealkylation sites (tertiary alicyclic amines) is 1. The molecular formula is C26H31FN4O3. The van der Waals surface area contributed by atoms with Crippen LogP contribution in [-0.4, -0.2) is 50.9 Å². The summed E-state index contributed by atoms with van der Waals surface area (Å²) in [5.74, 6) is 1.18. The van der Waals surface area contributed by atoms with Crippen molar-refractivity contribution in [3.63, 3.8) is 0 Å². The first-order valence-electron chi connectivity index (χ1n) is 12.2. The summed E-state index contributed by atoms with van der Waals surface area (Å²) in [7, 11) is 1.64. The van der Waals surface area contributed by atoms with E-state index in [2.05, 4.69) is 9.88 Å². The summed E-state index contributed by atoms with van der Waals surface area (Å²) in [6.07, 6.45) is 9.11. The molecule has 0 atom stereocenters. The van der Waals surface area contributed by atoms with Gasteiger partial charge in [0.2, 0.25) is 0 Å². The van der Waals surface area contributed by atoms with Crippen LogP contribution in [0.1, 0.15) is 38.5 Å². The lowest BCUT2D eigenvalue weighted by atomic mass is 10.0. The van der Waals surface area contributed by atoms with Gasteiger partial charge in [-0.25, -0.2) is 9.37 Å². The minimum Gasteiger partial charge on any atom is -0.490 e. The number of fused-ring (bicyclic) bond motifs is 1. The normalized spacial score (nSPS) is 18.1. The summed E-state index contributed by atoms with van der Waals surface area (Å²) in [6.45, 7) is 1.46. The first-order chi connectivity index (χ1) is 16.5. The number of nitrogens with zero attached hydrogens (tertiary/aromatic N) is 4. The van der Waals surface area contributed by atoms with Crippen molar-refractivity contribution in [3.8, 4) is 17.1 Å². The Morgan fingerprint density at radius 1 is 1.00 bits per heavy atom. The van der Waals surface area contributed by atoms with E-state index in [1.807, 2.05) is 24.3 Å². The summed E-state index contributed by atoms with van der Waals surface area (Å²) < 4.78 is 21.7. The van der Waals surface area contributed by atoms with Gasteiger partial charge in [-0.15, -0.1) is 0 Å². The van der Waals surface area contributed by atoms with E-state index in [-0.39, 0.29) is 29.1 Å². The third-order valence-corrected chi connectivity index (χ3v) is 7.27. The maximum absolute atomic E-state index is 12.9. The van der Waals surface area contributed by atoms with E-state index >= 15 is 0 Å². The molecule has 0 amide bonds. The molecule has 1 aromatic carbocycles. The van der Waals surface area contributed by atoms with Crippen LogP contribution in [0.15, 0.2) is 46.1 Å². The lowest BCUT2D eigenvalue weighted by Gasteiger charge is -2.36. The number of hydrogen-bond donors (Lipinski definition) is 0. The third kappa shape index (κ3) is 4.39. The van der Waals surface area contributed by atoms with Gasteiger partial charge in [-0.1, -0.05) is 12.8 Å². The number of halogens is 1. The van der Waals surface area contributed by atoms with Crippen LogP contribution in [0.2, 0.25) is 0 Å². The summed E-state index contributed by atoms with van der Waals surface area (Å²) >= 11 is 0. The second-order valence-electron chi connectivity index (χ2n) is 9.38. The monoisotopic (exact) mass is 466 g/mol. The fourth-order valence-corrected chi connectivity index (χ4v) is 5.33. The van der Waals surface area contributed by atoms with E-state index in [0.717, 1.165) is 37.7 Å². The van der Waals surface area contributed by atoms with Crippen LogP contribution >= 0.6 is 0 Å². The van der Waals surface area contributed by atoms with Gasteiger partial charge in [-0.2, -0.15) is 0 Å². The molecule has 3 heterocycles. The predicted molar refractivity (Wildman–Crippen MR) is 130 cm³/mol. The molecule has 0 bridgehead atoms.